The van der Waals surface area contributed by atoms with E-state index in [4.69, 9.17) is 0 Å². The van der Waals surface area contributed by atoms with E-state index in [1.165, 1.54) is 0 Å². The van der Waals surface area contributed by atoms with Crippen LogP contribution < -0.4 is 10.6 Å². The van der Waals surface area contributed by atoms with E-state index < -0.39 is 17.7 Å². The molecule has 0 saturated heterocycles. The third-order valence-corrected chi connectivity index (χ3v) is 3.80. The van der Waals surface area contributed by atoms with Crippen molar-refractivity contribution in [1.29, 1.82) is 0 Å². The van der Waals surface area contributed by atoms with Crippen LogP contribution in [0.4, 0.5) is 19.4 Å². The summed E-state index contributed by atoms with van der Waals surface area (Å²) in [5.74, 6) is -0.578. The standard InChI is InChI=1S/C19H26F2N4O/c1-18(2,3)15-10-16(25(24-15)19(4,5)6)23-17(26)22-11-12-9-13(20)7-8-14(12)21/h7-10H,11H2,1-6H3,(H2,22,23,26). The van der Waals surface area contributed by atoms with Crippen LogP contribution in [0.2, 0.25) is 0 Å². The number of carbonyl (C=O) groups excluding carboxylic acids is 1. The Hall–Kier alpha value is -2.44. The molecule has 0 aliphatic heterocycles. The van der Waals surface area contributed by atoms with E-state index in [9.17, 15) is 13.6 Å². The lowest BCUT2D eigenvalue weighted by Crippen LogP contribution is -2.32. The molecular formula is C19H26F2N4O. The molecule has 0 bridgehead atoms. The van der Waals surface area contributed by atoms with E-state index in [0.29, 0.717) is 5.82 Å². The molecule has 2 N–H and O–H groups in total. The highest BCUT2D eigenvalue weighted by atomic mass is 19.1. The van der Waals surface area contributed by atoms with Gasteiger partial charge in [-0.2, -0.15) is 5.10 Å². The first-order valence-electron chi connectivity index (χ1n) is 8.48. The summed E-state index contributed by atoms with van der Waals surface area (Å²) in [6.45, 7) is 12.0. The first-order valence-corrected chi connectivity index (χ1v) is 8.48. The Morgan fingerprint density at radius 2 is 1.77 bits per heavy atom. The van der Waals surface area contributed by atoms with Crippen molar-refractivity contribution in [2.45, 2.75) is 59.0 Å². The number of halogens is 2. The van der Waals surface area contributed by atoms with Gasteiger partial charge >= 0.3 is 6.03 Å². The highest BCUT2D eigenvalue weighted by Gasteiger charge is 2.25. The first-order chi connectivity index (χ1) is 11.9. The number of hydrogen-bond acceptors (Lipinski definition) is 2. The van der Waals surface area contributed by atoms with Gasteiger partial charge in [-0.3, -0.25) is 5.32 Å². The third-order valence-electron chi connectivity index (χ3n) is 3.80. The number of benzene rings is 1. The minimum atomic E-state index is -0.568. The SMILES string of the molecule is CC(C)(C)c1cc(NC(=O)NCc2cc(F)ccc2F)n(C(C)(C)C)n1. The van der Waals surface area contributed by atoms with Gasteiger partial charge in [0.25, 0.3) is 0 Å². The molecule has 2 aromatic rings. The summed E-state index contributed by atoms with van der Waals surface area (Å²) >= 11 is 0. The molecule has 26 heavy (non-hydrogen) atoms. The van der Waals surface area contributed by atoms with E-state index in [2.05, 4.69) is 15.7 Å². The lowest BCUT2D eigenvalue weighted by atomic mass is 9.92. The summed E-state index contributed by atoms with van der Waals surface area (Å²) in [5, 5.41) is 9.91. The fraction of sp³-hybridized carbons (Fsp3) is 0.474. The van der Waals surface area contributed by atoms with Crippen LogP contribution in [0.25, 0.3) is 0 Å². The van der Waals surface area contributed by atoms with Crippen LogP contribution >= 0.6 is 0 Å². The molecule has 0 saturated carbocycles. The van der Waals surface area contributed by atoms with Gasteiger partial charge in [0.2, 0.25) is 0 Å². The summed E-state index contributed by atoms with van der Waals surface area (Å²) in [4.78, 5) is 12.2. The molecule has 0 fully saturated rings. The van der Waals surface area contributed by atoms with Crippen molar-refractivity contribution in [3.63, 3.8) is 0 Å². The predicted molar refractivity (Wildman–Crippen MR) is 98.1 cm³/mol. The number of nitrogens with zero attached hydrogens (tertiary/aromatic N) is 2. The average Bonchev–Trinajstić information content (AvgIpc) is 2.92. The lowest BCUT2D eigenvalue weighted by molar-refractivity contribution is 0.251. The second kappa shape index (κ2) is 7.05. The van der Waals surface area contributed by atoms with Gasteiger partial charge in [-0.15, -0.1) is 0 Å². The molecule has 0 radical (unpaired) electrons. The number of nitrogens with one attached hydrogen (secondary N) is 2. The fourth-order valence-electron chi connectivity index (χ4n) is 2.36. The Morgan fingerprint density at radius 1 is 1.12 bits per heavy atom. The van der Waals surface area contributed by atoms with Crippen LogP contribution in [0.1, 0.15) is 52.8 Å². The second-order valence-electron chi connectivity index (χ2n) is 8.29. The quantitative estimate of drug-likeness (QED) is 0.840. The van der Waals surface area contributed by atoms with Gasteiger partial charge in [0.1, 0.15) is 17.5 Å². The molecule has 0 aliphatic rings. The molecule has 1 heterocycles. The highest BCUT2D eigenvalue weighted by Crippen LogP contribution is 2.28. The molecule has 142 valence electrons. The van der Waals surface area contributed by atoms with Crippen molar-refractivity contribution >= 4 is 11.8 Å². The van der Waals surface area contributed by atoms with Crippen molar-refractivity contribution in [1.82, 2.24) is 15.1 Å². The maximum Gasteiger partial charge on any atom is 0.320 e. The van der Waals surface area contributed by atoms with Crippen LogP contribution in [0.3, 0.4) is 0 Å². The monoisotopic (exact) mass is 364 g/mol. The van der Waals surface area contributed by atoms with Crippen molar-refractivity contribution < 1.29 is 13.6 Å². The number of rotatable bonds is 3. The van der Waals surface area contributed by atoms with Crippen molar-refractivity contribution in [2.24, 2.45) is 0 Å². The van der Waals surface area contributed by atoms with Gasteiger partial charge in [-0.1, -0.05) is 20.8 Å². The lowest BCUT2D eigenvalue weighted by Gasteiger charge is -2.23. The van der Waals surface area contributed by atoms with Gasteiger partial charge in [0, 0.05) is 23.6 Å². The average molecular weight is 364 g/mol. The van der Waals surface area contributed by atoms with E-state index in [1.807, 2.05) is 47.6 Å². The zero-order valence-corrected chi connectivity index (χ0v) is 16.1. The van der Waals surface area contributed by atoms with E-state index in [1.54, 1.807) is 4.68 Å². The normalized spacial score (nSPS) is 12.2. The van der Waals surface area contributed by atoms with Gasteiger partial charge < -0.3 is 5.32 Å². The second-order valence-corrected chi connectivity index (χ2v) is 8.29. The van der Waals surface area contributed by atoms with Crippen LogP contribution in [0, 0.1) is 11.6 Å². The van der Waals surface area contributed by atoms with Gasteiger partial charge in [0.05, 0.1) is 11.2 Å². The van der Waals surface area contributed by atoms with E-state index in [-0.39, 0.29) is 23.1 Å². The first kappa shape index (κ1) is 19.9. The molecule has 2 amide bonds. The minimum Gasteiger partial charge on any atom is -0.334 e. The Labute approximate surface area is 152 Å². The van der Waals surface area contributed by atoms with E-state index >= 15 is 0 Å². The Bertz CT molecular complexity index is 801. The van der Waals surface area contributed by atoms with Gasteiger partial charge in [-0.25, -0.2) is 18.3 Å². The van der Waals surface area contributed by atoms with Crippen LogP contribution in [-0.2, 0) is 17.5 Å². The van der Waals surface area contributed by atoms with Crippen molar-refractivity contribution in [2.75, 3.05) is 5.32 Å². The Morgan fingerprint density at radius 3 is 2.35 bits per heavy atom. The number of amides is 2. The Balaban J connectivity index is 2.15. The summed E-state index contributed by atoms with van der Waals surface area (Å²) in [6.07, 6.45) is 0. The van der Waals surface area contributed by atoms with Crippen LogP contribution in [0.5, 0.6) is 0 Å². The zero-order valence-electron chi connectivity index (χ0n) is 16.1. The van der Waals surface area contributed by atoms with Gasteiger partial charge in [0.15, 0.2) is 0 Å². The Kier molecular flexibility index (Phi) is 5.39. The number of aromatic nitrogens is 2. The van der Waals surface area contributed by atoms with Crippen LogP contribution in [-0.4, -0.2) is 15.8 Å². The maximum absolute atomic E-state index is 13.6. The molecule has 0 atom stereocenters. The smallest absolute Gasteiger partial charge is 0.320 e. The number of carbonyl (C=O) groups is 1. The fourth-order valence-corrected chi connectivity index (χ4v) is 2.36. The minimum absolute atomic E-state index is 0.0832. The predicted octanol–water partition coefficient (Wildman–Crippen LogP) is 4.54. The molecule has 7 heteroatoms. The van der Waals surface area contributed by atoms with Crippen molar-refractivity contribution in [3.8, 4) is 0 Å². The number of anilines is 1. The zero-order chi connectivity index (χ0) is 19.7. The molecule has 0 unspecified atom stereocenters. The molecular weight excluding hydrogens is 338 g/mol. The highest BCUT2D eigenvalue weighted by molar-refractivity contribution is 5.88. The van der Waals surface area contributed by atoms with Crippen molar-refractivity contribution in [3.05, 3.63) is 47.2 Å². The molecule has 0 aliphatic carbocycles. The molecule has 1 aromatic heterocycles. The largest absolute Gasteiger partial charge is 0.334 e. The summed E-state index contributed by atoms with van der Waals surface area (Å²) in [6, 6.07) is 4.45. The molecule has 5 nitrogen and oxygen atoms in total. The maximum atomic E-state index is 13.6. The van der Waals surface area contributed by atoms with Gasteiger partial charge in [-0.05, 0) is 39.0 Å². The molecule has 2 rings (SSSR count). The van der Waals surface area contributed by atoms with Crippen LogP contribution in [0.15, 0.2) is 24.3 Å². The number of hydrogen-bond donors (Lipinski definition) is 2. The molecule has 1 aromatic carbocycles. The summed E-state index contributed by atoms with van der Waals surface area (Å²) in [7, 11) is 0. The summed E-state index contributed by atoms with van der Waals surface area (Å²) < 4.78 is 28.6. The third kappa shape index (κ3) is 4.80. The van der Waals surface area contributed by atoms with E-state index in [0.717, 1.165) is 23.9 Å². The number of urea groups is 1. The summed E-state index contributed by atoms with van der Waals surface area (Å²) in [5.41, 5.74) is 0.424. The topological polar surface area (TPSA) is 59.0 Å². The molecule has 0 spiro atoms.